The summed E-state index contributed by atoms with van der Waals surface area (Å²) in [6.07, 6.45) is 0.0872. The van der Waals surface area contributed by atoms with E-state index in [0.717, 1.165) is 0 Å². The smallest absolute Gasteiger partial charge is 0.260 e. The first-order chi connectivity index (χ1) is 9.47. The summed E-state index contributed by atoms with van der Waals surface area (Å²) in [7, 11) is 0. The Labute approximate surface area is 122 Å². The Morgan fingerprint density at radius 2 is 1.95 bits per heavy atom. The molecule has 0 aliphatic carbocycles. The van der Waals surface area contributed by atoms with Gasteiger partial charge in [-0.3, -0.25) is 10.1 Å². The molecule has 0 saturated carbocycles. The fourth-order valence-corrected chi connectivity index (χ4v) is 2.47. The van der Waals surface area contributed by atoms with Crippen LogP contribution in [0.5, 0.6) is 0 Å². The number of amides is 1. The Morgan fingerprint density at radius 3 is 2.55 bits per heavy atom. The van der Waals surface area contributed by atoms with Crippen LogP contribution in [0, 0.1) is 5.82 Å². The molecule has 0 spiro atoms. The Morgan fingerprint density at radius 1 is 1.35 bits per heavy atom. The van der Waals surface area contributed by atoms with Gasteiger partial charge in [-0.1, -0.05) is 12.1 Å². The Bertz CT molecular complexity index is 514. The highest BCUT2D eigenvalue weighted by Gasteiger charge is 2.25. The van der Waals surface area contributed by atoms with Crippen molar-refractivity contribution in [2.75, 3.05) is 13.1 Å². The molecule has 1 aromatic rings. The zero-order valence-electron chi connectivity index (χ0n) is 11.4. The topological polar surface area (TPSA) is 41.6 Å². The van der Waals surface area contributed by atoms with Crippen molar-refractivity contribution < 1.29 is 13.9 Å². The molecule has 1 saturated heterocycles. The molecule has 4 nitrogen and oxygen atoms in total. The summed E-state index contributed by atoms with van der Waals surface area (Å²) in [5, 5.41) is 2.88. The van der Waals surface area contributed by atoms with Gasteiger partial charge in [0.05, 0.1) is 17.8 Å². The van der Waals surface area contributed by atoms with E-state index in [2.05, 4.69) is 5.32 Å². The highest BCUT2D eigenvalue weighted by atomic mass is 32.1. The number of carbonyl (C=O) groups is 1. The molecule has 2 rings (SSSR count). The Kier molecular flexibility index (Phi) is 4.67. The minimum absolute atomic E-state index is 0.00999. The molecule has 1 amide bonds. The molecule has 0 unspecified atom stereocenters. The second-order valence-electron chi connectivity index (χ2n) is 4.90. The van der Waals surface area contributed by atoms with Crippen molar-refractivity contribution in [1.82, 2.24) is 10.2 Å². The van der Waals surface area contributed by atoms with E-state index in [0.29, 0.717) is 18.2 Å². The van der Waals surface area contributed by atoms with E-state index in [4.69, 9.17) is 17.0 Å². The van der Waals surface area contributed by atoms with Crippen molar-refractivity contribution in [2.24, 2.45) is 0 Å². The average molecular weight is 296 g/mol. The lowest BCUT2D eigenvalue weighted by molar-refractivity contribution is -0.0481. The van der Waals surface area contributed by atoms with Gasteiger partial charge in [-0.2, -0.15) is 0 Å². The van der Waals surface area contributed by atoms with Crippen LogP contribution in [0.3, 0.4) is 0 Å². The number of morpholine rings is 1. The molecule has 1 aliphatic heterocycles. The number of ether oxygens (including phenoxy) is 1. The average Bonchev–Trinajstić information content (AvgIpc) is 2.37. The summed E-state index contributed by atoms with van der Waals surface area (Å²) in [6.45, 7) is 5.12. The summed E-state index contributed by atoms with van der Waals surface area (Å²) in [5.41, 5.74) is -0.00999. The van der Waals surface area contributed by atoms with E-state index in [9.17, 15) is 9.18 Å². The van der Waals surface area contributed by atoms with Gasteiger partial charge in [-0.15, -0.1) is 0 Å². The van der Waals surface area contributed by atoms with Crippen molar-refractivity contribution in [2.45, 2.75) is 26.1 Å². The normalized spacial score (nSPS) is 22.4. The number of hydrogen-bond donors (Lipinski definition) is 1. The molecule has 1 fully saturated rings. The third-order valence-corrected chi connectivity index (χ3v) is 3.41. The molecule has 0 aromatic heterocycles. The SMILES string of the molecule is C[C@@H]1CN(C(=S)NC(=O)c2ccccc2F)C[C@@H](C)O1. The first-order valence-corrected chi connectivity index (χ1v) is 6.88. The van der Waals surface area contributed by atoms with Gasteiger partial charge in [-0.25, -0.2) is 4.39 Å². The number of benzene rings is 1. The zero-order chi connectivity index (χ0) is 14.7. The zero-order valence-corrected chi connectivity index (χ0v) is 12.2. The van der Waals surface area contributed by atoms with Crippen LogP contribution in [0.4, 0.5) is 4.39 Å². The highest BCUT2D eigenvalue weighted by molar-refractivity contribution is 7.80. The Balaban J connectivity index is 2.01. The quantitative estimate of drug-likeness (QED) is 0.804. The number of thiocarbonyl (C=S) groups is 1. The van der Waals surface area contributed by atoms with Crippen LogP contribution in [0.25, 0.3) is 0 Å². The van der Waals surface area contributed by atoms with Gasteiger partial charge < -0.3 is 9.64 Å². The monoisotopic (exact) mass is 296 g/mol. The lowest BCUT2D eigenvalue weighted by atomic mass is 10.2. The fourth-order valence-electron chi connectivity index (χ4n) is 2.23. The van der Waals surface area contributed by atoms with Gasteiger partial charge in [0.1, 0.15) is 5.82 Å². The van der Waals surface area contributed by atoms with Crippen LogP contribution < -0.4 is 5.32 Å². The van der Waals surface area contributed by atoms with Gasteiger partial charge >= 0.3 is 0 Å². The third-order valence-electron chi connectivity index (χ3n) is 3.05. The van der Waals surface area contributed by atoms with E-state index in [-0.39, 0.29) is 17.8 Å². The lowest BCUT2D eigenvalue weighted by Gasteiger charge is -2.36. The van der Waals surface area contributed by atoms with Crippen LogP contribution in [0.1, 0.15) is 24.2 Å². The van der Waals surface area contributed by atoms with Crippen molar-refractivity contribution in [3.05, 3.63) is 35.6 Å². The second-order valence-corrected chi connectivity index (χ2v) is 5.29. The van der Waals surface area contributed by atoms with Crippen LogP contribution in [-0.4, -0.2) is 41.2 Å². The largest absolute Gasteiger partial charge is 0.372 e. The Hall–Kier alpha value is -1.53. The molecule has 6 heteroatoms. The maximum Gasteiger partial charge on any atom is 0.260 e. The van der Waals surface area contributed by atoms with E-state index in [1.54, 1.807) is 6.07 Å². The van der Waals surface area contributed by atoms with E-state index in [1.807, 2.05) is 18.7 Å². The second kappa shape index (κ2) is 6.28. The summed E-state index contributed by atoms with van der Waals surface area (Å²) >= 11 is 5.22. The highest BCUT2D eigenvalue weighted by Crippen LogP contribution is 2.11. The molecule has 1 N–H and O–H groups in total. The fraction of sp³-hybridized carbons (Fsp3) is 0.429. The summed E-state index contributed by atoms with van der Waals surface area (Å²) < 4.78 is 19.1. The third kappa shape index (κ3) is 3.52. The molecule has 2 atom stereocenters. The van der Waals surface area contributed by atoms with Gasteiger partial charge in [0.2, 0.25) is 0 Å². The van der Waals surface area contributed by atoms with Crippen molar-refractivity contribution >= 4 is 23.2 Å². The first kappa shape index (κ1) is 14.9. The maximum absolute atomic E-state index is 13.5. The van der Waals surface area contributed by atoms with Crippen LogP contribution >= 0.6 is 12.2 Å². The van der Waals surface area contributed by atoms with Crippen LogP contribution in [-0.2, 0) is 4.74 Å². The molecular formula is C14H17FN2O2S. The number of halogens is 1. The molecule has 1 aromatic carbocycles. The minimum atomic E-state index is -0.559. The standard InChI is InChI=1S/C14H17FN2O2S/c1-9-7-17(8-10(2)19-9)14(20)16-13(18)11-5-3-4-6-12(11)15/h3-6,9-10H,7-8H2,1-2H3,(H,16,18,20)/t9-,10-/m1/s1. The van der Waals surface area contributed by atoms with E-state index in [1.165, 1.54) is 18.2 Å². The molecule has 0 bridgehead atoms. The number of hydrogen-bond acceptors (Lipinski definition) is 3. The molecular weight excluding hydrogens is 279 g/mol. The van der Waals surface area contributed by atoms with Crippen LogP contribution in [0.15, 0.2) is 24.3 Å². The number of carbonyl (C=O) groups excluding carboxylic acids is 1. The van der Waals surface area contributed by atoms with E-state index < -0.39 is 11.7 Å². The maximum atomic E-state index is 13.5. The van der Waals surface area contributed by atoms with Crippen molar-refractivity contribution in [1.29, 1.82) is 0 Å². The molecule has 108 valence electrons. The number of nitrogens with zero attached hydrogens (tertiary/aromatic N) is 1. The van der Waals surface area contributed by atoms with Gasteiger partial charge in [0, 0.05) is 13.1 Å². The van der Waals surface area contributed by atoms with Gasteiger partial charge in [0.25, 0.3) is 5.91 Å². The number of nitrogens with one attached hydrogen (secondary N) is 1. The molecule has 1 aliphatic rings. The predicted molar refractivity (Wildman–Crippen MR) is 78.0 cm³/mol. The minimum Gasteiger partial charge on any atom is -0.372 e. The molecule has 1 heterocycles. The van der Waals surface area contributed by atoms with E-state index >= 15 is 0 Å². The summed E-state index contributed by atoms with van der Waals surface area (Å²) in [6, 6.07) is 5.82. The first-order valence-electron chi connectivity index (χ1n) is 6.47. The summed E-state index contributed by atoms with van der Waals surface area (Å²) in [5.74, 6) is -1.09. The predicted octanol–water partition coefficient (Wildman–Crippen LogP) is 1.95. The number of rotatable bonds is 1. The van der Waals surface area contributed by atoms with Crippen LogP contribution in [0.2, 0.25) is 0 Å². The summed E-state index contributed by atoms with van der Waals surface area (Å²) in [4.78, 5) is 13.9. The van der Waals surface area contributed by atoms with Gasteiger partial charge in [0.15, 0.2) is 5.11 Å². The van der Waals surface area contributed by atoms with Crippen molar-refractivity contribution in [3.63, 3.8) is 0 Å². The molecule has 0 radical (unpaired) electrons. The molecule has 20 heavy (non-hydrogen) atoms. The van der Waals surface area contributed by atoms with Crippen molar-refractivity contribution in [3.8, 4) is 0 Å². The van der Waals surface area contributed by atoms with Gasteiger partial charge in [-0.05, 0) is 38.2 Å². The lowest BCUT2D eigenvalue weighted by Crippen LogP contribution is -2.52.